The van der Waals surface area contributed by atoms with E-state index in [1.54, 1.807) is 30.9 Å². The van der Waals surface area contributed by atoms with Gasteiger partial charge < -0.3 is 15.1 Å². The van der Waals surface area contributed by atoms with E-state index in [-0.39, 0.29) is 18.2 Å². The number of rotatable bonds is 4. The summed E-state index contributed by atoms with van der Waals surface area (Å²) in [4.78, 5) is 13.8. The Kier molecular flexibility index (Phi) is 4.98. The highest BCUT2D eigenvalue weighted by molar-refractivity contribution is 14.1. The van der Waals surface area contributed by atoms with Gasteiger partial charge in [0.1, 0.15) is 5.75 Å². The number of carbonyl (C=O) groups excluding carboxylic acids is 1. The molecule has 4 nitrogen and oxygen atoms in total. The molecule has 0 atom stereocenters. The Balaban J connectivity index is 2.93. The molecular formula is C13H18INO3. The van der Waals surface area contributed by atoms with Crippen molar-refractivity contribution in [2.45, 2.75) is 26.4 Å². The van der Waals surface area contributed by atoms with Crippen LogP contribution in [-0.2, 0) is 0 Å². The van der Waals surface area contributed by atoms with Crippen LogP contribution in [0.3, 0.4) is 0 Å². The molecule has 0 aliphatic heterocycles. The van der Waals surface area contributed by atoms with E-state index in [1.165, 1.54) is 6.07 Å². The van der Waals surface area contributed by atoms with Gasteiger partial charge in [-0.2, -0.15) is 0 Å². The predicted molar refractivity (Wildman–Crippen MR) is 78.7 cm³/mol. The Hall–Kier alpha value is -0.820. The van der Waals surface area contributed by atoms with Gasteiger partial charge in [0.25, 0.3) is 5.91 Å². The lowest BCUT2D eigenvalue weighted by Gasteiger charge is -2.28. The summed E-state index contributed by atoms with van der Waals surface area (Å²) in [7, 11) is 0. The van der Waals surface area contributed by atoms with Crippen LogP contribution in [0.5, 0.6) is 5.75 Å². The zero-order valence-electron chi connectivity index (χ0n) is 10.8. The molecule has 1 aromatic carbocycles. The van der Waals surface area contributed by atoms with Gasteiger partial charge in [0.05, 0.1) is 9.17 Å². The molecule has 0 fully saturated rings. The zero-order valence-corrected chi connectivity index (χ0v) is 12.9. The summed E-state index contributed by atoms with van der Waals surface area (Å²) in [6.07, 6.45) is 0. The third kappa shape index (κ3) is 4.13. The summed E-state index contributed by atoms with van der Waals surface area (Å²) in [5.41, 5.74) is -0.504. The van der Waals surface area contributed by atoms with Crippen LogP contribution in [0, 0.1) is 3.57 Å². The van der Waals surface area contributed by atoms with Gasteiger partial charge in [0.15, 0.2) is 0 Å². The van der Waals surface area contributed by atoms with Gasteiger partial charge in [0.2, 0.25) is 0 Å². The molecule has 0 bridgehead atoms. The summed E-state index contributed by atoms with van der Waals surface area (Å²) in [5.74, 6) is -0.0907. The van der Waals surface area contributed by atoms with Crippen molar-refractivity contribution in [3.8, 4) is 5.75 Å². The fraction of sp³-hybridized carbons (Fsp3) is 0.462. The van der Waals surface area contributed by atoms with E-state index in [0.29, 0.717) is 15.7 Å². The Morgan fingerprint density at radius 1 is 1.44 bits per heavy atom. The molecule has 0 aliphatic carbocycles. The van der Waals surface area contributed by atoms with E-state index in [9.17, 15) is 15.0 Å². The minimum Gasteiger partial charge on any atom is -0.507 e. The average Bonchev–Trinajstić information content (AvgIpc) is 2.27. The van der Waals surface area contributed by atoms with Crippen LogP contribution in [0.15, 0.2) is 18.2 Å². The van der Waals surface area contributed by atoms with Crippen LogP contribution >= 0.6 is 22.6 Å². The SMILES string of the molecule is CCN(CC(C)(C)O)C(=O)c1ccc(I)c(O)c1. The van der Waals surface area contributed by atoms with E-state index >= 15 is 0 Å². The molecule has 0 saturated heterocycles. The quantitative estimate of drug-likeness (QED) is 0.807. The number of amides is 1. The summed E-state index contributed by atoms with van der Waals surface area (Å²) in [5, 5.41) is 19.4. The first-order chi connectivity index (χ1) is 8.24. The number of aromatic hydroxyl groups is 1. The second-order valence-electron chi connectivity index (χ2n) is 4.80. The summed E-state index contributed by atoms with van der Waals surface area (Å²) >= 11 is 2.00. The second kappa shape index (κ2) is 5.88. The van der Waals surface area contributed by atoms with Crippen molar-refractivity contribution < 1.29 is 15.0 Å². The molecule has 0 spiro atoms. The highest BCUT2D eigenvalue weighted by Crippen LogP contribution is 2.21. The first-order valence-electron chi connectivity index (χ1n) is 5.75. The third-order valence-corrected chi connectivity index (χ3v) is 3.35. The van der Waals surface area contributed by atoms with Crippen molar-refractivity contribution >= 4 is 28.5 Å². The number of aliphatic hydroxyl groups is 1. The van der Waals surface area contributed by atoms with Gasteiger partial charge >= 0.3 is 0 Å². The lowest BCUT2D eigenvalue weighted by molar-refractivity contribution is 0.0314. The molecule has 0 heterocycles. The van der Waals surface area contributed by atoms with Gasteiger partial charge in [0, 0.05) is 18.7 Å². The lowest BCUT2D eigenvalue weighted by atomic mass is 10.1. The van der Waals surface area contributed by atoms with Crippen molar-refractivity contribution in [2.75, 3.05) is 13.1 Å². The van der Waals surface area contributed by atoms with Crippen molar-refractivity contribution in [2.24, 2.45) is 0 Å². The molecule has 100 valence electrons. The number of phenols is 1. The average molecular weight is 363 g/mol. The maximum Gasteiger partial charge on any atom is 0.254 e. The Morgan fingerprint density at radius 3 is 2.50 bits per heavy atom. The van der Waals surface area contributed by atoms with Crippen molar-refractivity contribution in [3.05, 3.63) is 27.3 Å². The molecule has 0 saturated carbocycles. The van der Waals surface area contributed by atoms with E-state index in [4.69, 9.17) is 0 Å². The predicted octanol–water partition coefficient (Wildman–Crippen LogP) is 2.23. The van der Waals surface area contributed by atoms with Crippen LogP contribution in [0.1, 0.15) is 31.1 Å². The lowest BCUT2D eigenvalue weighted by Crippen LogP contribution is -2.42. The van der Waals surface area contributed by atoms with E-state index < -0.39 is 5.60 Å². The van der Waals surface area contributed by atoms with Gasteiger partial charge in [-0.1, -0.05) is 0 Å². The highest BCUT2D eigenvalue weighted by Gasteiger charge is 2.22. The number of hydrogen-bond acceptors (Lipinski definition) is 3. The Labute approximate surface area is 121 Å². The maximum atomic E-state index is 12.2. The number of likely N-dealkylation sites (N-methyl/N-ethyl adjacent to an activating group) is 1. The first-order valence-corrected chi connectivity index (χ1v) is 6.82. The molecule has 0 aliphatic rings. The number of phenolic OH excluding ortho intramolecular Hbond substituents is 1. The number of nitrogens with zero attached hydrogens (tertiary/aromatic N) is 1. The van der Waals surface area contributed by atoms with Crippen molar-refractivity contribution in [3.63, 3.8) is 0 Å². The number of benzene rings is 1. The molecule has 18 heavy (non-hydrogen) atoms. The van der Waals surface area contributed by atoms with Gasteiger partial charge in [-0.05, 0) is 61.6 Å². The smallest absolute Gasteiger partial charge is 0.254 e. The highest BCUT2D eigenvalue weighted by atomic mass is 127. The van der Waals surface area contributed by atoms with E-state index in [2.05, 4.69) is 0 Å². The zero-order chi connectivity index (χ0) is 13.9. The number of hydrogen-bond donors (Lipinski definition) is 2. The van der Waals surface area contributed by atoms with Gasteiger partial charge in [-0.25, -0.2) is 0 Å². The van der Waals surface area contributed by atoms with Crippen LogP contribution < -0.4 is 0 Å². The first kappa shape index (κ1) is 15.2. The molecule has 5 heteroatoms. The minimum absolute atomic E-state index is 0.0979. The standard InChI is InChI=1S/C13H18INO3/c1-4-15(8-13(2,3)18)12(17)9-5-6-10(14)11(16)7-9/h5-7,16,18H,4,8H2,1-3H3. The Bertz CT molecular complexity index is 440. The van der Waals surface area contributed by atoms with Crippen LogP contribution in [0.4, 0.5) is 0 Å². The van der Waals surface area contributed by atoms with E-state index in [0.717, 1.165) is 0 Å². The number of carbonyl (C=O) groups is 1. The Morgan fingerprint density at radius 2 is 2.06 bits per heavy atom. The van der Waals surface area contributed by atoms with Crippen LogP contribution in [0.2, 0.25) is 0 Å². The molecule has 1 amide bonds. The third-order valence-electron chi connectivity index (χ3n) is 2.44. The largest absolute Gasteiger partial charge is 0.507 e. The molecule has 2 N–H and O–H groups in total. The van der Waals surface area contributed by atoms with Gasteiger partial charge in [-0.3, -0.25) is 4.79 Å². The molecular weight excluding hydrogens is 345 g/mol. The fourth-order valence-corrected chi connectivity index (χ4v) is 1.96. The van der Waals surface area contributed by atoms with E-state index in [1.807, 2.05) is 29.5 Å². The summed E-state index contributed by atoms with van der Waals surface area (Å²) < 4.78 is 0.703. The van der Waals surface area contributed by atoms with Crippen molar-refractivity contribution in [1.29, 1.82) is 0 Å². The monoisotopic (exact) mass is 363 g/mol. The maximum absolute atomic E-state index is 12.2. The van der Waals surface area contributed by atoms with Gasteiger partial charge in [-0.15, -0.1) is 0 Å². The number of halogens is 1. The summed E-state index contributed by atoms with van der Waals surface area (Å²) in [6, 6.07) is 4.83. The van der Waals surface area contributed by atoms with Crippen LogP contribution in [0.25, 0.3) is 0 Å². The summed E-state index contributed by atoms with van der Waals surface area (Å²) in [6.45, 7) is 5.95. The molecule has 1 aromatic rings. The molecule has 0 unspecified atom stereocenters. The second-order valence-corrected chi connectivity index (χ2v) is 5.96. The van der Waals surface area contributed by atoms with Crippen LogP contribution in [-0.4, -0.2) is 39.7 Å². The van der Waals surface area contributed by atoms with Crippen molar-refractivity contribution in [1.82, 2.24) is 4.90 Å². The normalized spacial score (nSPS) is 11.4. The molecule has 0 radical (unpaired) electrons. The minimum atomic E-state index is -0.934. The molecule has 0 aromatic heterocycles. The molecule has 1 rings (SSSR count). The topological polar surface area (TPSA) is 60.8 Å². The fourth-order valence-electron chi connectivity index (χ4n) is 1.62.